The van der Waals surface area contributed by atoms with Crippen LogP contribution in [0.4, 0.5) is 22.7 Å². The van der Waals surface area contributed by atoms with Crippen molar-refractivity contribution < 1.29 is 54.6 Å². The maximum absolute atomic E-state index is 13.1. The fourth-order valence-electron chi connectivity index (χ4n) is 5.54. The molecule has 0 radical (unpaired) electrons. The highest BCUT2D eigenvalue weighted by Crippen LogP contribution is 2.33. The average molecular weight is 893 g/mol. The molecule has 0 fully saturated rings. The number of aromatic nitrogens is 4. The molecule has 0 bridgehead atoms. The predicted molar refractivity (Wildman–Crippen MR) is 217 cm³/mol. The van der Waals surface area contributed by atoms with Gasteiger partial charge in [0.25, 0.3) is 32.1 Å². The van der Waals surface area contributed by atoms with Gasteiger partial charge >= 0.3 is 11.4 Å². The van der Waals surface area contributed by atoms with Crippen LogP contribution in [0.5, 0.6) is 11.5 Å². The zero-order chi connectivity index (χ0) is 44.9. The number of rotatable bonds is 17. The van der Waals surface area contributed by atoms with E-state index in [2.05, 4.69) is 51.0 Å². The zero-order valence-corrected chi connectivity index (χ0v) is 33.5. The van der Waals surface area contributed by atoms with Gasteiger partial charge < -0.3 is 40.0 Å². The third-order valence-corrected chi connectivity index (χ3v) is 10.2. The maximum Gasteiger partial charge on any atom is 0.323 e. The second-order valence-corrected chi connectivity index (χ2v) is 15.9. The standard InChI is InChI=1S/C36H32N10O14S2/c1-17(47)31(33(49)37-19-3-7-23-25(13-19)41-35(51)39-23)45-43-27-15-21(61(53,54)55)5-9-29(27)59-11-12-60-30-10-6-22(62(56,57)58)16-28(30)44-46-32(18(2)48)34(50)38-20-4-8-24-26(14-20)42-36(52)40-24/h3-10,13-16,31-32H,11-12H2,1-2H3,(H,37,49)(H,38,50)(H2,39,41,51)(H2,40,42,52)(H,53,54,55)(H,56,57,58). The summed E-state index contributed by atoms with van der Waals surface area (Å²) < 4.78 is 78.4. The van der Waals surface area contributed by atoms with Gasteiger partial charge in [-0.2, -0.15) is 37.3 Å². The molecular formula is C36H32N10O14S2. The van der Waals surface area contributed by atoms with E-state index in [1.165, 1.54) is 36.4 Å². The normalized spacial score (nSPS) is 13.0. The van der Waals surface area contributed by atoms with Gasteiger partial charge in [0.2, 0.25) is 12.1 Å². The first-order valence-corrected chi connectivity index (χ1v) is 20.5. The van der Waals surface area contributed by atoms with E-state index in [9.17, 15) is 54.7 Å². The summed E-state index contributed by atoms with van der Waals surface area (Å²) in [5.74, 6) is -3.74. The topological polar surface area (TPSA) is 366 Å². The summed E-state index contributed by atoms with van der Waals surface area (Å²) in [4.78, 5) is 83.2. The molecule has 4 aromatic carbocycles. The van der Waals surface area contributed by atoms with E-state index in [1.54, 1.807) is 0 Å². The van der Waals surface area contributed by atoms with Gasteiger partial charge in [-0.05, 0) is 86.6 Å². The van der Waals surface area contributed by atoms with E-state index >= 15 is 0 Å². The number of anilines is 2. The molecule has 0 aliphatic rings. The number of nitrogens with zero attached hydrogens (tertiary/aromatic N) is 4. The number of H-pyrrole nitrogens is 4. The van der Waals surface area contributed by atoms with Gasteiger partial charge in [0.05, 0.1) is 31.9 Å². The molecule has 8 N–H and O–H groups in total. The number of ether oxygens (including phenoxy) is 2. The molecule has 0 aliphatic carbocycles. The van der Waals surface area contributed by atoms with Crippen LogP contribution in [0.25, 0.3) is 22.1 Å². The van der Waals surface area contributed by atoms with Gasteiger partial charge in [-0.15, -0.1) is 0 Å². The number of Topliss-reactive ketones (excluding diaryl/α,β-unsaturated/α-hetero) is 2. The minimum absolute atomic E-state index is 0.173. The summed E-state index contributed by atoms with van der Waals surface area (Å²) in [6.07, 6.45) is 0. The van der Waals surface area contributed by atoms with Crippen LogP contribution in [-0.4, -0.2) is 94.6 Å². The van der Waals surface area contributed by atoms with Crippen molar-refractivity contribution in [1.29, 1.82) is 0 Å². The molecule has 24 nitrogen and oxygen atoms in total. The molecule has 0 aliphatic heterocycles. The van der Waals surface area contributed by atoms with Crippen molar-refractivity contribution in [3.63, 3.8) is 0 Å². The van der Waals surface area contributed by atoms with Crippen LogP contribution in [0.1, 0.15) is 13.8 Å². The first-order valence-electron chi connectivity index (χ1n) is 17.6. The van der Waals surface area contributed by atoms with Gasteiger partial charge in [-0.25, -0.2) is 9.59 Å². The van der Waals surface area contributed by atoms with E-state index in [1.807, 2.05) is 0 Å². The first-order chi connectivity index (χ1) is 29.2. The number of fused-ring (bicyclic) bond motifs is 2. The average Bonchev–Trinajstić information content (AvgIpc) is 3.75. The Balaban J connectivity index is 1.18. The molecule has 2 atom stereocenters. The molecule has 0 saturated heterocycles. The third kappa shape index (κ3) is 10.7. The number of aromatic amines is 4. The van der Waals surface area contributed by atoms with Crippen LogP contribution < -0.4 is 31.5 Å². The highest BCUT2D eigenvalue weighted by Gasteiger charge is 2.26. The van der Waals surface area contributed by atoms with E-state index in [4.69, 9.17) is 9.47 Å². The van der Waals surface area contributed by atoms with Crippen molar-refractivity contribution in [1.82, 2.24) is 19.9 Å². The molecule has 6 aromatic rings. The van der Waals surface area contributed by atoms with E-state index in [0.717, 1.165) is 50.2 Å². The Kier molecular flexibility index (Phi) is 12.7. The third-order valence-electron chi connectivity index (χ3n) is 8.45. The van der Waals surface area contributed by atoms with Crippen LogP contribution in [0.15, 0.2) is 113 Å². The summed E-state index contributed by atoms with van der Waals surface area (Å²) in [5.41, 5.74) is 0.357. The maximum atomic E-state index is 13.1. The molecule has 2 amide bonds. The van der Waals surface area contributed by atoms with Crippen molar-refractivity contribution in [3.8, 4) is 11.5 Å². The molecule has 62 heavy (non-hydrogen) atoms. The number of nitrogens with one attached hydrogen (secondary N) is 6. The molecule has 0 spiro atoms. The van der Waals surface area contributed by atoms with Crippen LogP contribution in [0.2, 0.25) is 0 Å². The number of azo groups is 2. The lowest BCUT2D eigenvalue weighted by atomic mass is 10.2. The number of carbonyl (C=O) groups is 4. The minimum atomic E-state index is -4.79. The lowest BCUT2D eigenvalue weighted by Gasteiger charge is -2.13. The highest BCUT2D eigenvalue weighted by atomic mass is 32.2. The van der Waals surface area contributed by atoms with Gasteiger partial charge in [0, 0.05) is 11.4 Å². The second-order valence-electron chi connectivity index (χ2n) is 13.0. The molecule has 26 heteroatoms. The van der Waals surface area contributed by atoms with Crippen molar-refractivity contribution in [2.75, 3.05) is 23.8 Å². The summed E-state index contributed by atoms with van der Waals surface area (Å²) in [6.45, 7) is 1.39. The number of carbonyl (C=O) groups excluding carboxylic acids is 4. The van der Waals surface area contributed by atoms with Crippen molar-refractivity contribution in [3.05, 3.63) is 93.8 Å². The fourth-order valence-corrected chi connectivity index (χ4v) is 6.54. The van der Waals surface area contributed by atoms with Crippen molar-refractivity contribution in [2.24, 2.45) is 20.5 Å². The van der Waals surface area contributed by atoms with E-state index < -0.39 is 76.9 Å². The summed E-state index contributed by atoms with van der Waals surface area (Å²) in [7, 11) is -9.58. The Labute approximate surface area is 347 Å². The Hall–Kier alpha value is -7.68. The molecule has 322 valence electrons. The lowest BCUT2D eigenvalue weighted by Crippen LogP contribution is -2.31. The SMILES string of the molecule is CC(=O)C(N=Nc1cc(S(=O)(=O)O)ccc1OCCOc1ccc(S(=O)(=O)O)cc1N=NC(C(C)=O)C(=O)Nc1ccc2[nH]c(=O)[nH]c2c1)C(=O)Nc1ccc2[nH]c(=O)[nH]c2c1. The highest BCUT2D eigenvalue weighted by molar-refractivity contribution is 7.86. The number of hydrogen-bond acceptors (Lipinski definition) is 16. The van der Waals surface area contributed by atoms with Crippen LogP contribution in [0.3, 0.4) is 0 Å². The minimum Gasteiger partial charge on any atom is -0.488 e. The molecular weight excluding hydrogens is 861 g/mol. The van der Waals surface area contributed by atoms with Gasteiger partial charge in [0.15, 0.2) is 11.6 Å². The predicted octanol–water partition coefficient (Wildman–Crippen LogP) is 3.34. The zero-order valence-electron chi connectivity index (χ0n) is 31.9. The molecule has 2 aromatic heterocycles. The molecule has 2 heterocycles. The Morgan fingerprint density at radius 3 is 1.31 bits per heavy atom. The largest absolute Gasteiger partial charge is 0.488 e. The Bertz CT molecular complexity index is 2960. The summed E-state index contributed by atoms with van der Waals surface area (Å²) >= 11 is 0. The quantitative estimate of drug-likeness (QED) is 0.0282. The van der Waals surface area contributed by atoms with E-state index in [0.29, 0.717) is 22.1 Å². The van der Waals surface area contributed by atoms with Crippen LogP contribution in [0, 0.1) is 0 Å². The lowest BCUT2D eigenvalue weighted by molar-refractivity contribution is -0.127. The number of benzene rings is 4. The fraction of sp³-hybridized carbons (Fsp3) is 0.167. The van der Waals surface area contributed by atoms with Gasteiger partial charge in [-0.3, -0.25) is 28.3 Å². The number of amides is 2. The summed E-state index contributed by atoms with van der Waals surface area (Å²) in [6, 6.07) is 11.1. The Morgan fingerprint density at radius 1 is 0.581 bits per heavy atom. The van der Waals surface area contributed by atoms with Crippen LogP contribution in [-0.2, 0) is 39.4 Å². The Morgan fingerprint density at radius 2 is 0.952 bits per heavy atom. The smallest absolute Gasteiger partial charge is 0.323 e. The van der Waals surface area contributed by atoms with Crippen molar-refractivity contribution >= 4 is 88.4 Å². The monoisotopic (exact) mass is 892 g/mol. The number of imidazole rings is 2. The van der Waals surface area contributed by atoms with Gasteiger partial charge in [-0.1, -0.05) is 0 Å². The molecule has 2 unspecified atom stereocenters. The molecule has 6 rings (SSSR count). The summed E-state index contributed by atoms with van der Waals surface area (Å²) in [5, 5.41) is 20.3. The number of hydrogen-bond donors (Lipinski definition) is 8. The first kappa shape index (κ1) is 43.9. The van der Waals surface area contributed by atoms with E-state index in [-0.39, 0.29) is 47.5 Å². The van der Waals surface area contributed by atoms with Gasteiger partial charge in [0.1, 0.15) is 36.1 Å². The number of ketones is 2. The molecule has 0 saturated carbocycles. The van der Waals surface area contributed by atoms with Crippen LogP contribution >= 0.6 is 0 Å². The van der Waals surface area contributed by atoms with Crippen molar-refractivity contribution in [2.45, 2.75) is 35.7 Å². The second kappa shape index (κ2) is 17.9.